The van der Waals surface area contributed by atoms with Crippen molar-refractivity contribution in [1.29, 1.82) is 0 Å². The van der Waals surface area contributed by atoms with Gasteiger partial charge < -0.3 is 44.6 Å². The Kier molecular flexibility index (Phi) is 30.9. The number of hydrogen-bond donors (Lipinski definition) is 4. The minimum absolute atomic E-state index is 0.105. The first kappa shape index (κ1) is 95.2. The van der Waals surface area contributed by atoms with E-state index in [-0.39, 0.29) is 34.1 Å². The van der Waals surface area contributed by atoms with E-state index in [0.29, 0.717) is 64.8 Å². The maximum absolute atomic E-state index is 14.9. The average Bonchev–Trinajstić information content (AvgIpc) is 0.604. The predicted octanol–water partition coefficient (Wildman–Crippen LogP) is 25.5. The molecule has 0 saturated carbocycles. The molecule has 26 heteroatoms. The Morgan fingerprint density at radius 1 is 0.368 bits per heavy atom. The largest absolute Gasteiger partial charge is 0.569 e. The number of rotatable bonds is 16. The number of fused-ring (bicyclic) bond motifs is 4. The first-order valence-corrected chi connectivity index (χ1v) is 47.4. The molecular formula is C107H116BCl2F3N15O5. The summed E-state index contributed by atoms with van der Waals surface area (Å²) in [6.45, 7) is 33.2. The van der Waals surface area contributed by atoms with Crippen LogP contribution in [-0.4, -0.2) is 136 Å². The van der Waals surface area contributed by atoms with Crippen molar-refractivity contribution >= 4 is 92.9 Å². The number of piperidine rings is 4. The molecule has 4 fully saturated rings. The van der Waals surface area contributed by atoms with Crippen molar-refractivity contribution in [3.05, 3.63) is 248 Å². The van der Waals surface area contributed by atoms with Gasteiger partial charge in [-0.2, -0.15) is 0 Å². The molecule has 1 radical (unpaired) electrons. The summed E-state index contributed by atoms with van der Waals surface area (Å²) in [6, 6.07) is 51.6. The molecule has 1 atom stereocenters. The quantitative estimate of drug-likeness (QED) is 0.0657. The molecule has 7 aromatic heterocycles. The number of aryl methyl sites for hydroxylation is 3. The van der Waals surface area contributed by atoms with Gasteiger partial charge in [-0.05, 0) is 217 Å². The van der Waals surface area contributed by atoms with E-state index in [2.05, 4.69) is 186 Å². The summed E-state index contributed by atoms with van der Waals surface area (Å²) in [6.07, 6.45) is 17.4. The number of allylic oxidation sites excluding steroid dienone is 1. The van der Waals surface area contributed by atoms with E-state index in [1.165, 1.54) is 139 Å². The lowest BCUT2D eigenvalue weighted by atomic mass is 9.86. The maximum atomic E-state index is 14.9. The van der Waals surface area contributed by atoms with Gasteiger partial charge in [-0.1, -0.05) is 201 Å². The van der Waals surface area contributed by atoms with Crippen LogP contribution in [0.25, 0.3) is 106 Å². The summed E-state index contributed by atoms with van der Waals surface area (Å²) in [7, 11) is 0.304. The standard InChI is InChI=1S/2C28H29FN4O.C23H28ClN3.C22H25ClN4.C6H5BFO3/c2*1-17(2)19-10-5-6-11-20(19)26-22-16-21(25-23(29)12-9-13-24(25)34)18(3)30-27(22)28(32-31-26)33-14-7-4-8-15-33;1-15(2)17-9-5-6-10-18(17)22-19-14-21(24)16(3)13-20(19)23(26-25-22)27-11-7-4-8-12-27;1-14(2)16-9-5-6-10-17(16)20-18-13-19(23)15(3)24-21(18)22(26-25-20)27-11-7-4-8-12-27;8-4-2-1-3-5(9)6(4)11-7-10/h2*5-6,9-13,16-17,34H,4,7-8,14-15H2,1-3H3;5-6,9-10,14-16H,4,7-8,11-13H2,1-3H3;5-6,9-10,13-14H,4,7-8,11-12H2,1-3H3;1-3,9-10H. The lowest BCUT2D eigenvalue weighted by Crippen LogP contribution is -2.32. The van der Waals surface area contributed by atoms with E-state index >= 15 is 0 Å². The number of pyridine rings is 3. The lowest BCUT2D eigenvalue weighted by molar-refractivity contribution is 0.391. The van der Waals surface area contributed by atoms with Crippen LogP contribution in [0, 0.1) is 44.1 Å². The monoisotopic (exact) mass is 1830 g/mol. The van der Waals surface area contributed by atoms with E-state index in [1.807, 2.05) is 63.2 Å². The number of aromatic nitrogens is 11. The van der Waals surface area contributed by atoms with Crippen LogP contribution in [0.1, 0.15) is 213 Å². The highest BCUT2D eigenvalue weighted by Crippen LogP contribution is 2.47. The summed E-state index contributed by atoms with van der Waals surface area (Å²) in [5.41, 5.74) is 20.9. The van der Waals surface area contributed by atoms with Crippen molar-refractivity contribution in [3.8, 4) is 90.3 Å². The number of nitrogens with zero attached hydrogens (tertiary/aromatic N) is 15. The van der Waals surface area contributed by atoms with Crippen LogP contribution >= 0.6 is 23.2 Å². The van der Waals surface area contributed by atoms with Gasteiger partial charge in [0.25, 0.3) is 0 Å². The smallest absolute Gasteiger partial charge is 0.533 e. The van der Waals surface area contributed by atoms with Gasteiger partial charge in [0.1, 0.15) is 62.5 Å². The fraction of sp³-hybridized carbons (Fsp3) is 0.355. The normalized spacial score (nSPS) is 15.1. The van der Waals surface area contributed by atoms with E-state index in [0.717, 1.165) is 197 Å². The molecule has 11 heterocycles. The molecule has 19 rings (SSSR count). The molecule has 1 aliphatic carbocycles. The van der Waals surface area contributed by atoms with Gasteiger partial charge in [0.15, 0.2) is 40.6 Å². The Morgan fingerprint density at radius 2 is 0.684 bits per heavy atom. The van der Waals surface area contributed by atoms with Crippen LogP contribution in [0.2, 0.25) is 5.02 Å². The fourth-order valence-electron chi connectivity index (χ4n) is 18.7. The molecule has 20 nitrogen and oxygen atoms in total. The van der Waals surface area contributed by atoms with Crippen molar-refractivity contribution in [2.24, 2.45) is 5.92 Å². The Balaban J connectivity index is 0.000000131. The molecular weight excluding hydrogens is 1710 g/mol. The Labute approximate surface area is 788 Å². The van der Waals surface area contributed by atoms with Crippen LogP contribution < -0.4 is 24.3 Å². The number of phenolic OH excluding ortho intramolecular Hbond substituents is 3. The van der Waals surface area contributed by atoms with E-state index in [9.17, 15) is 23.4 Å². The average molecular weight is 1830 g/mol. The number of halogens is 5. The Bertz CT molecular complexity index is 6290. The third-order valence-corrected chi connectivity index (χ3v) is 26.5. The molecule has 4 N–H and O–H groups in total. The summed E-state index contributed by atoms with van der Waals surface area (Å²) < 4.78 is 46.6. The summed E-state index contributed by atoms with van der Waals surface area (Å²) in [5, 5.41) is 79.9. The number of benzene rings is 7. The van der Waals surface area contributed by atoms with Crippen molar-refractivity contribution in [2.45, 2.75) is 190 Å². The third kappa shape index (κ3) is 21.0. The van der Waals surface area contributed by atoms with Gasteiger partial charge in [-0.15, -0.1) is 40.8 Å². The number of hydrogen-bond acceptors (Lipinski definition) is 20. The Hall–Kier alpha value is -12.4. The molecule has 0 spiro atoms. The second kappa shape index (κ2) is 43.1. The molecule has 4 aliphatic heterocycles. The van der Waals surface area contributed by atoms with Gasteiger partial charge in [-0.25, -0.2) is 28.1 Å². The maximum Gasteiger partial charge on any atom is 0.569 e. The van der Waals surface area contributed by atoms with Gasteiger partial charge in [0.2, 0.25) is 0 Å². The van der Waals surface area contributed by atoms with Crippen LogP contribution in [0.4, 0.5) is 36.4 Å². The third-order valence-electron chi connectivity index (χ3n) is 25.7. The zero-order valence-corrected chi connectivity index (χ0v) is 79.4. The van der Waals surface area contributed by atoms with Crippen molar-refractivity contribution in [3.63, 3.8) is 0 Å². The predicted molar refractivity (Wildman–Crippen MR) is 533 cm³/mol. The minimum Gasteiger partial charge on any atom is -0.533 e. The van der Waals surface area contributed by atoms with Gasteiger partial charge in [0, 0.05) is 129 Å². The summed E-state index contributed by atoms with van der Waals surface area (Å²) >= 11 is 13.1. The Morgan fingerprint density at radius 3 is 1.04 bits per heavy atom. The van der Waals surface area contributed by atoms with Gasteiger partial charge >= 0.3 is 7.69 Å². The van der Waals surface area contributed by atoms with Crippen molar-refractivity contribution < 1.29 is 38.2 Å². The van der Waals surface area contributed by atoms with Crippen LogP contribution in [0.3, 0.4) is 0 Å². The SMILES string of the molecule is CC1Cc2c(N3CCCCC3)nnc(-c3ccccc3C(C)C)c2C=C1Cl.Cc1nc2c(N3CCCCC3)nnc(-c3ccccc3C(C)C)c2cc1-c1c(O)cccc1F.Cc1nc2c(N3CCCCC3)nnc(-c3ccccc3C(C)C)c2cc1-c1c(O)cccc1F.Cc1nc2c(N3CCCCC3)nnc(-c3ccccc3C(C)C)c2cc1Cl.O[B]Oc1c(O)cccc1F. The molecule has 687 valence electrons. The second-order valence-corrected chi connectivity index (χ2v) is 37.1. The van der Waals surface area contributed by atoms with Crippen molar-refractivity contribution in [2.75, 3.05) is 72.0 Å². The molecule has 4 saturated heterocycles. The fourth-order valence-corrected chi connectivity index (χ4v) is 19.0. The summed E-state index contributed by atoms with van der Waals surface area (Å²) in [5.74, 6) is 2.62. The lowest BCUT2D eigenvalue weighted by Gasteiger charge is -2.32. The minimum atomic E-state index is -0.727. The molecule has 133 heavy (non-hydrogen) atoms. The van der Waals surface area contributed by atoms with Gasteiger partial charge in [0.05, 0.1) is 21.8 Å². The molecule has 7 aromatic carbocycles. The highest BCUT2D eigenvalue weighted by molar-refractivity contribution is 6.32. The van der Waals surface area contributed by atoms with Crippen LogP contribution in [-0.2, 0) is 6.42 Å². The van der Waals surface area contributed by atoms with E-state index in [1.54, 1.807) is 0 Å². The van der Waals surface area contributed by atoms with Crippen LogP contribution in [0.5, 0.6) is 23.0 Å². The highest BCUT2D eigenvalue weighted by atomic mass is 35.5. The van der Waals surface area contributed by atoms with E-state index < -0.39 is 17.5 Å². The van der Waals surface area contributed by atoms with Gasteiger partial charge in [-0.3, -0.25) is 0 Å². The molecule has 1 unspecified atom stereocenters. The van der Waals surface area contributed by atoms with Crippen molar-refractivity contribution in [1.82, 2.24) is 55.7 Å². The molecule has 14 aromatic rings. The zero-order valence-electron chi connectivity index (χ0n) is 77.9. The second-order valence-electron chi connectivity index (χ2n) is 36.2. The number of aromatic hydroxyl groups is 3. The number of para-hydroxylation sites is 1. The van der Waals surface area contributed by atoms with E-state index in [4.69, 9.17) is 68.7 Å². The number of anilines is 4. The molecule has 0 bridgehead atoms. The highest BCUT2D eigenvalue weighted by Gasteiger charge is 2.32. The number of phenols is 3. The molecule has 5 aliphatic rings. The first-order chi connectivity index (χ1) is 64.3. The summed E-state index contributed by atoms with van der Waals surface area (Å²) in [4.78, 5) is 24.0. The topological polar surface area (TPSA) is 245 Å². The molecule has 0 amide bonds. The first-order valence-electron chi connectivity index (χ1n) is 46.7. The zero-order chi connectivity index (χ0) is 93.8. The van der Waals surface area contributed by atoms with Crippen LogP contribution in [0.15, 0.2) is 175 Å².